The van der Waals surface area contributed by atoms with Crippen LogP contribution in [-0.2, 0) is 11.3 Å². The Kier molecular flexibility index (Phi) is 4.92. The summed E-state index contributed by atoms with van der Waals surface area (Å²) >= 11 is 0. The van der Waals surface area contributed by atoms with Crippen molar-refractivity contribution in [1.82, 2.24) is 4.98 Å². The van der Waals surface area contributed by atoms with Crippen molar-refractivity contribution in [3.8, 4) is 5.75 Å². The number of amides is 1. The predicted octanol–water partition coefficient (Wildman–Crippen LogP) is 2.54. The average molecular weight is 302 g/mol. The Morgan fingerprint density at radius 3 is 2.64 bits per heavy atom. The van der Waals surface area contributed by atoms with Crippen molar-refractivity contribution in [2.24, 2.45) is 0 Å². The number of aromatic nitrogens is 1. The topological polar surface area (TPSA) is 97.8 Å². The number of carbonyl (C=O) groups is 2. The molecule has 2 N–H and O–H groups in total. The fraction of sp³-hybridized carbons (Fsp3) is 0.133. The second-order valence-corrected chi connectivity index (χ2v) is 4.26. The summed E-state index contributed by atoms with van der Waals surface area (Å²) in [7, 11) is 1.39. The van der Waals surface area contributed by atoms with Gasteiger partial charge >= 0.3 is 12.1 Å². The smallest absolute Gasteiger partial charge is 0.413 e. The van der Waals surface area contributed by atoms with Gasteiger partial charge in [-0.15, -0.1) is 0 Å². The lowest BCUT2D eigenvalue weighted by atomic mass is 10.2. The Morgan fingerprint density at radius 2 is 2.00 bits per heavy atom. The van der Waals surface area contributed by atoms with Crippen LogP contribution in [0.4, 0.5) is 10.6 Å². The molecule has 0 radical (unpaired) electrons. The highest BCUT2D eigenvalue weighted by atomic mass is 16.5. The van der Waals surface area contributed by atoms with E-state index in [1.165, 1.54) is 19.4 Å². The third kappa shape index (κ3) is 3.95. The molecule has 0 bridgehead atoms. The lowest BCUT2D eigenvalue weighted by molar-refractivity contribution is 0.0697. The summed E-state index contributed by atoms with van der Waals surface area (Å²) < 4.78 is 9.91. The number of rotatable bonds is 5. The molecule has 0 saturated heterocycles. The standard InChI is InChI=1S/C15H14N2O5/c1-21-11-7-12(14(18)19)13(16-8-11)17-15(20)22-9-10-5-3-2-4-6-10/h2-8H,9H2,1H3,(H,18,19)(H,16,17,20). The zero-order valence-electron chi connectivity index (χ0n) is 11.8. The first-order valence-electron chi connectivity index (χ1n) is 6.35. The van der Waals surface area contributed by atoms with Crippen molar-refractivity contribution in [2.45, 2.75) is 6.61 Å². The molecule has 22 heavy (non-hydrogen) atoms. The summed E-state index contributed by atoms with van der Waals surface area (Å²) in [6.07, 6.45) is 0.517. The molecular weight excluding hydrogens is 288 g/mol. The van der Waals surface area contributed by atoms with Gasteiger partial charge in [-0.3, -0.25) is 5.32 Å². The first-order valence-corrected chi connectivity index (χ1v) is 6.35. The minimum absolute atomic E-state index is 0.0746. The van der Waals surface area contributed by atoms with E-state index in [1.807, 2.05) is 30.3 Å². The number of carboxylic acids is 1. The molecule has 0 unspecified atom stereocenters. The van der Waals surface area contributed by atoms with Gasteiger partial charge in [0.2, 0.25) is 0 Å². The first kappa shape index (κ1) is 15.3. The van der Waals surface area contributed by atoms with E-state index in [0.717, 1.165) is 5.56 Å². The molecule has 0 aliphatic carbocycles. The highest BCUT2D eigenvalue weighted by molar-refractivity contribution is 5.97. The van der Waals surface area contributed by atoms with Crippen LogP contribution in [0.2, 0.25) is 0 Å². The number of nitrogens with zero attached hydrogens (tertiary/aromatic N) is 1. The Morgan fingerprint density at radius 1 is 1.27 bits per heavy atom. The molecule has 0 spiro atoms. The van der Waals surface area contributed by atoms with Crippen molar-refractivity contribution in [2.75, 3.05) is 12.4 Å². The number of anilines is 1. The Balaban J connectivity index is 2.03. The van der Waals surface area contributed by atoms with Gasteiger partial charge in [-0.1, -0.05) is 30.3 Å². The molecule has 0 aliphatic heterocycles. The number of benzene rings is 1. The molecule has 1 aromatic heterocycles. The minimum Gasteiger partial charge on any atom is -0.495 e. The molecule has 114 valence electrons. The summed E-state index contributed by atoms with van der Waals surface area (Å²) in [5.41, 5.74) is 0.634. The van der Waals surface area contributed by atoms with Gasteiger partial charge in [-0.05, 0) is 11.6 Å². The number of methoxy groups -OCH3 is 1. The van der Waals surface area contributed by atoms with Crippen molar-refractivity contribution in [1.29, 1.82) is 0 Å². The van der Waals surface area contributed by atoms with Crippen molar-refractivity contribution >= 4 is 17.9 Å². The zero-order chi connectivity index (χ0) is 15.9. The second-order valence-electron chi connectivity index (χ2n) is 4.26. The fourth-order valence-electron chi connectivity index (χ4n) is 1.68. The van der Waals surface area contributed by atoms with Crippen molar-refractivity contribution in [3.63, 3.8) is 0 Å². The molecule has 0 saturated carbocycles. The number of carboxylic acid groups (broad SMARTS) is 1. The van der Waals surface area contributed by atoms with Gasteiger partial charge in [0.25, 0.3) is 0 Å². The third-order valence-electron chi connectivity index (χ3n) is 2.76. The van der Waals surface area contributed by atoms with Crippen LogP contribution in [0.25, 0.3) is 0 Å². The molecule has 0 aliphatic rings. The van der Waals surface area contributed by atoms with Crippen LogP contribution in [0.1, 0.15) is 15.9 Å². The van der Waals surface area contributed by atoms with Gasteiger partial charge in [-0.2, -0.15) is 0 Å². The molecule has 0 atom stereocenters. The van der Waals surface area contributed by atoms with Crippen molar-refractivity contribution < 1.29 is 24.2 Å². The van der Waals surface area contributed by atoms with Crippen LogP contribution in [0.5, 0.6) is 5.75 Å². The third-order valence-corrected chi connectivity index (χ3v) is 2.76. The van der Waals surface area contributed by atoms with Crippen molar-refractivity contribution in [3.05, 3.63) is 53.7 Å². The number of hydrogen-bond acceptors (Lipinski definition) is 5. The van der Waals surface area contributed by atoms with Crippen LogP contribution in [0, 0.1) is 0 Å². The van der Waals surface area contributed by atoms with Crippen LogP contribution >= 0.6 is 0 Å². The van der Waals surface area contributed by atoms with Crippen LogP contribution in [-0.4, -0.2) is 29.3 Å². The number of hydrogen-bond donors (Lipinski definition) is 2. The van der Waals surface area contributed by atoms with E-state index in [4.69, 9.17) is 14.6 Å². The van der Waals surface area contributed by atoms with E-state index in [9.17, 15) is 9.59 Å². The highest BCUT2D eigenvalue weighted by Gasteiger charge is 2.16. The van der Waals surface area contributed by atoms with Crippen LogP contribution < -0.4 is 10.1 Å². The SMILES string of the molecule is COc1cnc(NC(=O)OCc2ccccc2)c(C(=O)O)c1. The van der Waals surface area contributed by atoms with E-state index in [0.29, 0.717) is 0 Å². The summed E-state index contributed by atoms with van der Waals surface area (Å²) in [6.45, 7) is 0.0746. The van der Waals surface area contributed by atoms with E-state index in [2.05, 4.69) is 10.3 Å². The number of nitrogens with one attached hydrogen (secondary N) is 1. The maximum atomic E-state index is 11.7. The van der Waals surface area contributed by atoms with Gasteiger partial charge in [0.1, 0.15) is 23.7 Å². The lowest BCUT2D eigenvalue weighted by Gasteiger charge is -2.09. The maximum absolute atomic E-state index is 11.7. The van der Waals surface area contributed by atoms with Gasteiger partial charge in [-0.25, -0.2) is 14.6 Å². The van der Waals surface area contributed by atoms with E-state index in [1.54, 1.807) is 0 Å². The van der Waals surface area contributed by atoms with Gasteiger partial charge < -0.3 is 14.6 Å². The Labute approximate surface area is 126 Å². The molecular formula is C15H14N2O5. The first-order chi connectivity index (χ1) is 10.6. The van der Waals surface area contributed by atoms with Gasteiger partial charge in [0, 0.05) is 0 Å². The highest BCUT2D eigenvalue weighted by Crippen LogP contribution is 2.19. The summed E-state index contributed by atoms with van der Waals surface area (Å²) in [6, 6.07) is 10.4. The Hall–Kier alpha value is -3.09. The Bertz CT molecular complexity index is 673. The number of aromatic carboxylic acids is 1. The number of pyridine rings is 1. The average Bonchev–Trinajstić information content (AvgIpc) is 2.54. The monoisotopic (exact) mass is 302 g/mol. The van der Waals surface area contributed by atoms with Crippen LogP contribution in [0.3, 0.4) is 0 Å². The summed E-state index contributed by atoms with van der Waals surface area (Å²) in [5.74, 6) is -1.06. The molecule has 1 aromatic carbocycles. The summed E-state index contributed by atoms with van der Waals surface area (Å²) in [5, 5.41) is 11.4. The maximum Gasteiger partial charge on any atom is 0.413 e. The molecule has 2 rings (SSSR count). The fourth-order valence-corrected chi connectivity index (χ4v) is 1.68. The lowest BCUT2D eigenvalue weighted by Crippen LogP contribution is -2.17. The van der Waals surface area contributed by atoms with Gasteiger partial charge in [0.15, 0.2) is 0 Å². The molecule has 2 aromatic rings. The molecule has 1 amide bonds. The largest absolute Gasteiger partial charge is 0.495 e. The predicted molar refractivity (Wildman–Crippen MR) is 78.0 cm³/mol. The van der Waals surface area contributed by atoms with E-state index >= 15 is 0 Å². The molecule has 0 fully saturated rings. The van der Waals surface area contributed by atoms with Crippen LogP contribution in [0.15, 0.2) is 42.6 Å². The zero-order valence-corrected chi connectivity index (χ0v) is 11.8. The number of carbonyl (C=O) groups excluding carboxylic acids is 1. The minimum atomic E-state index is -1.23. The second kappa shape index (κ2) is 7.07. The van der Waals surface area contributed by atoms with E-state index in [-0.39, 0.29) is 23.7 Å². The normalized spacial score (nSPS) is 9.86. The summed E-state index contributed by atoms with van der Waals surface area (Å²) in [4.78, 5) is 26.7. The van der Waals surface area contributed by atoms with Gasteiger partial charge in [0.05, 0.1) is 13.3 Å². The van der Waals surface area contributed by atoms with E-state index < -0.39 is 12.1 Å². The number of ether oxygens (including phenoxy) is 2. The molecule has 7 heteroatoms. The molecule has 1 heterocycles. The molecule has 7 nitrogen and oxygen atoms in total. The quantitative estimate of drug-likeness (QED) is 0.880.